The highest BCUT2D eigenvalue weighted by Crippen LogP contribution is 2.18. The van der Waals surface area contributed by atoms with Gasteiger partial charge in [0.05, 0.1) is 13.7 Å². The van der Waals surface area contributed by atoms with Crippen molar-refractivity contribution in [3.05, 3.63) is 30.1 Å². The van der Waals surface area contributed by atoms with Crippen molar-refractivity contribution < 1.29 is 9.53 Å². The number of amides is 1. The SMILES string of the molecule is COc1ccc(-c2n[nH]c(CNC(=O)CCC(C)N)n2)cc1. The van der Waals surface area contributed by atoms with Crippen LogP contribution < -0.4 is 15.8 Å². The van der Waals surface area contributed by atoms with Gasteiger partial charge in [-0.3, -0.25) is 9.89 Å². The third-order valence-corrected chi connectivity index (χ3v) is 3.16. The summed E-state index contributed by atoms with van der Waals surface area (Å²) < 4.78 is 5.11. The van der Waals surface area contributed by atoms with Gasteiger partial charge in [-0.25, -0.2) is 4.98 Å². The maximum absolute atomic E-state index is 11.6. The number of aromatic nitrogens is 3. The van der Waals surface area contributed by atoms with Gasteiger partial charge in [-0.1, -0.05) is 0 Å². The molecule has 0 saturated heterocycles. The zero-order valence-corrected chi connectivity index (χ0v) is 12.8. The van der Waals surface area contributed by atoms with Gasteiger partial charge in [0.25, 0.3) is 0 Å². The molecule has 2 aromatic rings. The monoisotopic (exact) mass is 303 g/mol. The van der Waals surface area contributed by atoms with Gasteiger partial charge in [0.15, 0.2) is 5.82 Å². The number of carbonyl (C=O) groups is 1. The van der Waals surface area contributed by atoms with Crippen LogP contribution >= 0.6 is 0 Å². The molecule has 0 bridgehead atoms. The van der Waals surface area contributed by atoms with E-state index in [2.05, 4.69) is 20.5 Å². The van der Waals surface area contributed by atoms with Gasteiger partial charge < -0.3 is 15.8 Å². The second-order valence-corrected chi connectivity index (χ2v) is 5.13. The van der Waals surface area contributed by atoms with Crippen molar-refractivity contribution in [1.29, 1.82) is 0 Å². The fraction of sp³-hybridized carbons (Fsp3) is 0.400. The quantitative estimate of drug-likeness (QED) is 0.713. The van der Waals surface area contributed by atoms with Gasteiger partial charge in [-0.2, -0.15) is 5.10 Å². The number of aromatic amines is 1. The van der Waals surface area contributed by atoms with Crippen LogP contribution in [0.3, 0.4) is 0 Å². The predicted molar refractivity (Wildman–Crippen MR) is 83.1 cm³/mol. The Morgan fingerprint density at radius 2 is 2.14 bits per heavy atom. The van der Waals surface area contributed by atoms with Crippen molar-refractivity contribution in [1.82, 2.24) is 20.5 Å². The number of hydrogen-bond donors (Lipinski definition) is 3. The molecule has 1 aromatic carbocycles. The molecule has 0 aliphatic rings. The topological polar surface area (TPSA) is 106 Å². The van der Waals surface area contributed by atoms with Crippen LogP contribution in [0, 0.1) is 0 Å². The van der Waals surface area contributed by atoms with E-state index in [1.165, 1.54) is 0 Å². The fourth-order valence-corrected chi connectivity index (χ4v) is 1.87. The van der Waals surface area contributed by atoms with E-state index >= 15 is 0 Å². The van der Waals surface area contributed by atoms with E-state index in [4.69, 9.17) is 10.5 Å². The summed E-state index contributed by atoms with van der Waals surface area (Å²) in [6.07, 6.45) is 1.08. The van der Waals surface area contributed by atoms with Gasteiger partial charge in [0.1, 0.15) is 11.6 Å². The molecule has 0 fully saturated rings. The van der Waals surface area contributed by atoms with Crippen molar-refractivity contribution in [2.24, 2.45) is 5.73 Å². The maximum atomic E-state index is 11.6. The van der Waals surface area contributed by atoms with Gasteiger partial charge >= 0.3 is 0 Å². The van der Waals surface area contributed by atoms with Gasteiger partial charge in [0.2, 0.25) is 5.91 Å². The molecule has 0 saturated carbocycles. The Morgan fingerprint density at radius 3 is 2.77 bits per heavy atom. The zero-order chi connectivity index (χ0) is 15.9. The minimum Gasteiger partial charge on any atom is -0.497 e. The molecule has 0 spiro atoms. The smallest absolute Gasteiger partial charge is 0.220 e. The lowest BCUT2D eigenvalue weighted by Crippen LogP contribution is -2.25. The molecule has 1 amide bonds. The lowest BCUT2D eigenvalue weighted by molar-refractivity contribution is -0.121. The molecule has 0 aliphatic heterocycles. The first-order valence-electron chi connectivity index (χ1n) is 7.16. The van der Waals surface area contributed by atoms with E-state index in [0.717, 1.165) is 11.3 Å². The van der Waals surface area contributed by atoms with Crippen LogP contribution in [0.15, 0.2) is 24.3 Å². The highest BCUT2D eigenvalue weighted by molar-refractivity contribution is 5.75. The second kappa shape index (κ2) is 7.56. The van der Waals surface area contributed by atoms with Crippen molar-refractivity contribution >= 4 is 5.91 Å². The minimum absolute atomic E-state index is 0.0257. The summed E-state index contributed by atoms with van der Waals surface area (Å²) >= 11 is 0. The van der Waals surface area contributed by atoms with Crippen molar-refractivity contribution in [3.8, 4) is 17.1 Å². The molecule has 1 aromatic heterocycles. The summed E-state index contributed by atoms with van der Waals surface area (Å²) in [6.45, 7) is 2.20. The third kappa shape index (κ3) is 4.56. The largest absolute Gasteiger partial charge is 0.497 e. The Kier molecular flexibility index (Phi) is 5.48. The van der Waals surface area contributed by atoms with E-state index < -0.39 is 0 Å². The van der Waals surface area contributed by atoms with E-state index in [0.29, 0.717) is 31.0 Å². The van der Waals surface area contributed by atoms with Crippen molar-refractivity contribution in [2.45, 2.75) is 32.4 Å². The zero-order valence-electron chi connectivity index (χ0n) is 12.8. The molecule has 1 heterocycles. The number of H-pyrrole nitrogens is 1. The third-order valence-electron chi connectivity index (χ3n) is 3.16. The lowest BCUT2D eigenvalue weighted by atomic mass is 10.2. The normalized spacial score (nSPS) is 12.0. The first-order chi connectivity index (χ1) is 10.6. The van der Waals surface area contributed by atoms with Crippen molar-refractivity contribution in [3.63, 3.8) is 0 Å². The average molecular weight is 303 g/mol. The van der Waals surface area contributed by atoms with Crippen molar-refractivity contribution in [2.75, 3.05) is 7.11 Å². The Morgan fingerprint density at radius 1 is 1.41 bits per heavy atom. The molecule has 7 heteroatoms. The number of ether oxygens (including phenoxy) is 1. The van der Waals surface area contributed by atoms with E-state index in [1.807, 2.05) is 31.2 Å². The summed E-state index contributed by atoms with van der Waals surface area (Å²) in [6, 6.07) is 7.49. The van der Waals surface area contributed by atoms with Gasteiger partial charge in [-0.05, 0) is 37.6 Å². The highest BCUT2D eigenvalue weighted by Gasteiger charge is 2.08. The fourth-order valence-electron chi connectivity index (χ4n) is 1.87. The number of nitrogens with one attached hydrogen (secondary N) is 2. The van der Waals surface area contributed by atoms with Crippen LogP contribution in [-0.4, -0.2) is 34.2 Å². The number of benzene rings is 1. The summed E-state index contributed by atoms with van der Waals surface area (Å²) in [5, 5.41) is 9.76. The van der Waals surface area contributed by atoms with Crippen LogP contribution in [0.1, 0.15) is 25.6 Å². The van der Waals surface area contributed by atoms with E-state index in [1.54, 1.807) is 7.11 Å². The molecular weight excluding hydrogens is 282 g/mol. The number of carbonyl (C=O) groups excluding carboxylic acids is 1. The molecule has 1 unspecified atom stereocenters. The summed E-state index contributed by atoms with van der Waals surface area (Å²) in [7, 11) is 1.62. The molecule has 0 aliphatic carbocycles. The Labute approximate surface area is 129 Å². The average Bonchev–Trinajstić information content (AvgIpc) is 3.00. The molecule has 2 rings (SSSR count). The molecule has 118 valence electrons. The first-order valence-corrected chi connectivity index (χ1v) is 7.16. The van der Waals surface area contributed by atoms with Crippen LogP contribution in [0.4, 0.5) is 0 Å². The number of methoxy groups -OCH3 is 1. The summed E-state index contributed by atoms with van der Waals surface area (Å²) in [5.41, 5.74) is 6.50. The lowest BCUT2D eigenvalue weighted by Gasteiger charge is -2.05. The molecule has 4 N–H and O–H groups in total. The Balaban J connectivity index is 1.89. The van der Waals surface area contributed by atoms with Gasteiger partial charge in [-0.15, -0.1) is 0 Å². The number of nitrogens with zero attached hydrogens (tertiary/aromatic N) is 2. The molecule has 22 heavy (non-hydrogen) atoms. The Hall–Kier alpha value is -2.41. The molecular formula is C15H21N5O2. The first kappa shape index (κ1) is 16.0. The molecule has 0 radical (unpaired) electrons. The van der Waals surface area contributed by atoms with Crippen LogP contribution in [0.2, 0.25) is 0 Å². The summed E-state index contributed by atoms with van der Waals surface area (Å²) in [5.74, 6) is 1.93. The minimum atomic E-state index is -0.0419. The summed E-state index contributed by atoms with van der Waals surface area (Å²) in [4.78, 5) is 16.0. The van der Waals surface area contributed by atoms with Crippen LogP contribution in [0.5, 0.6) is 5.75 Å². The maximum Gasteiger partial charge on any atom is 0.220 e. The van der Waals surface area contributed by atoms with E-state index in [9.17, 15) is 4.79 Å². The van der Waals surface area contributed by atoms with Crippen LogP contribution in [0.25, 0.3) is 11.4 Å². The predicted octanol–water partition coefficient (Wildman–Crippen LogP) is 1.22. The molecule has 1 atom stereocenters. The number of hydrogen-bond acceptors (Lipinski definition) is 5. The molecule has 7 nitrogen and oxygen atoms in total. The number of nitrogens with two attached hydrogens (primary N) is 1. The standard InChI is InChI=1S/C15H21N5O2/c1-10(16)3-8-14(21)17-9-13-18-15(20-19-13)11-4-6-12(22-2)7-5-11/h4-7,10H,3,8-9,16H2,1-2H3,(H,17,21)(H,18,19,20). The van der Waals surface area contributed by atoms with E-state index in [-0.39, 0.29) is 11.9 Å². The number of rotatable bonds is 7. The van der Waals surface area contributed by atoms with Gasteiger partial charge in [0, 0.05) is 18.0 Å². The Bertz CT molecular complexity index is 607. The van der Waals surface area contributed by atoms with Crippen LogP contribution in [-0.2, 0) is 11.3 Å². The highest BCUT2D eigenvalue weighted by atomic mass is 16.5. The second-order valence-electron chi connectivity index (χ2n) is 5.13.